The normalized spacial score (nSPS) is 12.9. The monoisotopic (exact) mass is 328 g/mol. The highest BCUT2D eigenvalue weighted by Gasteiger charge is 2.71. The summed E-state index contributed by atoms with van der Waals surface area (Å²) in [4.78, 5) is 11.2. The summed E-state index contributed by atoms with van der Waals surface area (Å²) in [6, 6.07) is 2.48. The van der Waals surface area contributed by atoms with Crippen LogP contribution in [0.2, 0.25) is 0 Å². The average Bonchev–Trinajstić information content (AvgIpc) is 2.35. The molecule has 122 valence electrons. The number of halogens is 6. The molecule has 22 heavy (non-hydrogen) atoms. The van der Waals surface area contributed by atoms with E-state index in [9.17, 15) is 36.2 Å². The second kappa shape index (κ2) is 5.64. The van der Waals surface area contributed by atoms with Crippen molar-refractivity contribution in [2.45, 2.75) is 24.9 Å². The summed E-state index contributed by atoms with van der Waals surface area (Å²) in [5.41, 5.74) is -6.70. The fourth-order valence-corrected chi connectivity index (χ4v) is 1.47. The quantitative estimate of drug-likeness (QED) is 0.400. The SMILES string of the molecule is C=C(C)C(=O)Oc1cccc(C(O)(C(F)(F)F)C(F)(F)F)c1. The zero-order chi connectivity index (χ0) is 17.3. The maximum atomic E-state index is 12.7. The van der Waals surface area contributed by atoms with E-state index in [0.29, 0.717) is 12.1 Å². The van der Waals surface area contributed by atoms with Gasteiger partial charge in [-0.2, -0.15) is 26.3 Å². The summed E-state index contributed by atoms with van der Waals surface area (Å²) >= 11 is 0. The predicted octanol–water partition coefficient (Wildman–Crippen LogP) is 3.48. The van der Waals surface area contributed by atoms with E-state index in [1.165, 1.54) is 6.92 Å². The summed E-state index contributed by atoms with van der Waals surface area (Å²) in [7, 11) is 0. The van der Waals surface area contributed by atoms with Crippen LogP contribution in [0.15, 0.2) is 36.4 Å². The van der Waals surface area contributed by atoms with Crippen LogP contribution in [0.3, 0.4) is 0 Å². The molecule has 0 aliphatic heterocycles. The van der Waals surface area contributed by atoms with Gasteiger partial charge in [0.2, 0.25) is 0 Å². The zero-order valence-corrected chi connectivity index (χ0v) is 11.0. The summed E-state index contributed by atoms with van der Waals surface area (Å²) in [5, 5.41) is 9.22. The highest BCUT2D eigenvalue weighted by molar-refractivity contribution is 5.88. The molecule has 0 amide bonds. The van der Waals surface area contributed by atoms with Gasteiger partial charge in [0.1, 0.15) is 5.75 Å². The van der Waals surface area contributed by atoms with Crippen LogP contribution in [0.5, 0.6) is 5.75 Å². The predicted molar refractivity (Wildman–Crippen MR) is 62.9 cm³/mol. The highest BCUT2D eigenvalue weighted by Crippen LogP contribution is 2.50. The smallest absolute Gasteiger partial charge is 0.423 e. The van der Waals surface area contributed by atoms with E-state index in [4.69, 9.17) is 0 Å². The van der Waals surface area contributed by atoms with Crippen LogP contribution in [0.25, 0.3) is 0 Å². The molecule has 1 N–H and O–H groups in total. The van der Waals surface area contributed by atoms with Crippen molar-refractivity contribution < 1.29 is 41.0 Å². The van der Waals surface area contributed by atoms with Crippen molar-refractivity contribution in [3.05, 3.63) is 42.0 Å². The molecule has 0 fully saturated rings. The minimum Gasteiger partial charge on any atom is -0.423 e. The summed E-state index contributed by atoms with van der Waals surface area (Å²) in [6.45, 7) is 4.46. The Labute approximate surface area is 120 Å². The Morgan fingerprint density at radius 3 is 2.05 bits per heavy atom. The third-order valence-corrected chi connectivity index (χ3v) is 2.63. The number of rotatable bonds is 3. The number of carbonyl (C=O) groups excluding carboxylic acids is 1. The lowest BCUT2D eigenvalue weighted by Crippen LogP contribution is -2.53. The fourth-order valence-electron chi connectivity index (χ4n) is 1.47. The van der Waals surface area contributed by atoms with Gasteiger partial charge in [-0.25, -0.2) is 4.79 Å². The van der Waals surface area contributed by atoms with Crippen LogP contribution >= 0.6 is 0 Å². The van der Waals surface area contributed by atoms with Gasteiger partial charge < -0.3 is 9.84 Å². The molecule has 0 aliphatic rings. The fraction of sp³-hybridized carbons (Fsp3) is 0.308. The molecule has 0 atom stereocenters. The summed E-state index contributed by atoms with van der Waals surface area (Å²) in [6.07, 6.45) is -12.0. The van der Waals surface area contributed by atoms with E-state index in [-0.39, 0.29) is 5.57 Å². The van der Waals surface area contributed by atoms with E-state index in [1.807, 2.05) is 0 Å². The number of hydrogen-bond donors (Lipinski definition) is 1. The third-order valence-electron chi connectivity index (χ3n) is 2.63. The van der Waals surface area contributed by atoms with Crippen LogP contribution in [0, 0.1) is 0 Å². The van der Waals surface area contributed by atoms with Gasteiger partial charge in [0, 0.05) is 11.1 Å². The molecule has 0 radical (unpaired) electrons. The zero-order valence-electron chi connectivity index (χ0n) is 11.0. The number of carbonyl (C=O) groups is 1. The maximum Gasteiger partial charge on any atom is 0.430 e. The first kappa shape index (κ1) is 18.0. The van der Waals surface area contributed by atoms with Gasteiger partial charge in [-0.05, 0) is 19.1 Å². The first-order valence-corrected chi connectivity index (χ1v) is 5.64. The molecule has 9 heteroatoms. The van der Waals surface area contributed by atoms with Crippen molar-refractivity contribution >= 4 is 5.97 Å². The Bertz CT molecular complexity index is 574. The number of ether oxygens (including phenoxy) is 1. The molecule has 0 aliphatic carbocycles. The lowest BCUT2D eigenvalue weighted by molar-refractivity contribution is -0.376. The van der Waals surface area contributed by atoms with Gasteiger partial charge in [0.25, 0.3) is 5.60 Å². The number of alkyl halides is 6. The van der Waals surface area contributed by atoms with Crippen LogP contribution in [0.4, 0.5) is 26.3 Å². The molecule has 1 rings (SSSR count). The van der Waals surface area contributed by atoms with E-state index in [1.54, 1.807) is 0 Å². The van der Waals surface area contributed by atoms with E-state index in [0.717, 1.165) is 12.1 Å². The first-order chi connectivity index (χ1) is 9.80. The topological polar surface area (TPSA) is 46.5 Å². The second-order valence-electron chi connectivity index (χ2n) is 4.40. The molecule has 1 aromatic rings. The van der Waals surface area contributed by atoms with Crippen LogP contribution in [-0.4, -0.2) is 23.4 Å². The van der Waals surface area contributed by atoms with Gasteiger partial charge in [-0.1, -0.05) is 18.7 Å². The van der Waals surface area contributed by atoms with Crippen molar-refractivity contribution in [2.24, 2.45) is 0 Å². The van der Waals surface area contributed by atoms with Gasteiger partial charge >= 0.3 is 18.3 Å². The van der Waals surface area contributed by atoms with Crippen molar-refractivity contribution in [1.29, 1.82) is 0 Å². The molecule has 0 unspecified atom stereocenters. The van der Waals surface area contributed by atoms with Crippen LogP contribution < -0.4 is 4.74 Å². The van der Waals surface area contributed by atoms with Gasteiger partial charge in [0.15, 0.2) is 0 Å². The molecule has 0 spiro atoms. The number of benzene rings is 1. The molecular weight excluding hydrogens is 318 g/mol. The molecular formula is C13H10F6O3. The Balaban J connectivity index is 3.35. The number of hydrogen-bond acceptors (Lipinski definition) is 3. The van der Waals surface area contributed by atoms with E-state index < -0.39 is 35.2 Å². The van der Waals surface area contributed by atoms with Crippen molar-refractivity contribution in [2.75, 3.05) is 0 Å². The Morgan fingerprint density at radius 2 is 1.64 bits per heavy atom. The first-order valence-electron chi connectivity index (χ1n) is 5.64. The van der Waals surface area contributed by atoms with Crippen LogP contribution in [-0.2, 0) is 10.4 Å². The van der Waals surface area contributed by atoms with Crippen LogP contribution in [0.1, 0.15) is 12.5 Å². The average molecular weight is 328 g/mol. The Hall–Kier alpha value is -2.03. The van der Waals surface area contributed by atoms with Crippen molar-refractivity contribution in [1.82, 2.24) is 0 Å². The van der Waals surface area contributed by atoms with Gasteiger partial charge in [-0.15, -0.1) is 0 Å². The van der Waals surface area contributed by atoms with Crippen molar-refractivity contribution in [3.63, 3.8) is 0 Å². The third kappa shape index (κ3) is 3.24. The molecule has 0 bridgehead atoms. The molecule has 0 aromatic heterocycles. The molecule has 0 saturated carbocycles. The van der Waals surface area contributed by atoms with Gasteiger partial charge in [0.05, 0.1) is 0 Å². The molecule has 3 nitrogen and oxygen atoms in total. The van der Waals surface area contributed by atoms with E-state index >= 15 is 0 Å². The lowest BCUT2D eigenvalue weighted by Gasteiger charge is -2.32. The minimum absolute atomic E-state index is 0.104. The maximum absolute atomic E-state index is 12.7. The Kier molecular flexibility index (Phi) is 4.62. The number of aliphatic hydroxyl groups is 1. The lowest BCUT2D eigenvalue weighted by atomic mass is 9.92. The Morgan fingerprint density at radius 1 is 1.14 bits per heavy atom. The minimum atomic E-state index is -6.01. The summed E-state index contributed by atoms with van der Waals surface area (Å²) < 4.78 is 80.9. The van der Waals surface area contributed by atoms with Gasteiger partial charge in [-0.3, -0.25) is 0 Å². The largest absolute Gasteiger partial charge is 0.430 e. The number of esters is 1. The summed E-state index contributed by atoms with van der Waals surface area (Å²) in [5.74, 6) is -1.61. The highest BCUT2D eigenvalue weighted by atomic mass is 19.4. The molecule has 1 aromatic carbocycles. The molecule has 0 saturated heterocycles. The van der Waals surface area contributed by atoms with Crippen molar-refractivity contribution in [3.8, 4) is 5.75 Å². The standard InChI is InChI=1S/C13H10F6O3/c1-7(2)10(20)22-9-5-3-4-8(6-9)11(21,12(14,15)16)13(17,18)19/h3-6,21H,1H2,2H3. The molecule has 0 heterocycles. The second-order valence-corrected chi connectivity index (χ2v) is 4.40. The van der Waals surface area contributed by atoms with E-state index in [2.05, 4.69) is 11.3 Å².